The van der Waals surface area contributed by atoms with Crippen molar-refractivity contribution < 1.29 is 9.59 Å². The Hall–Kier alpha value is -1.14. The van der Waals surface area contributed by atoms with Crippen LogP contribution >= 0.6 is 0 Å². The highest BCUT2D eigenvalue weighted by molar-refractivity contribution is 5.84. The quantitative estimate of drug-likeness (QED) is 0.680. The molecule has 1 aliphatic carbocycles. The van der Waals surface area contributed by atoms with Gasteiger partial charge >= 0.3 is 0 Å². The van der Waals surface area contributed by atoms with Gasteiger partial charge < -0.3 is 21.3 Å². The standard InChI is InChI=1S/C15H28N4O2/c1-9(2)17-11-4-5-14(13(8-11)18-10(3)20)19-7-6-12(16)15(19)21/h9,11-14,17H,4-8,16H2,1-3H3,(H,18,20)/t11?,12-,13+,14-/m0/s1. The summed E-state index contributed by atoms with van der Waals surface area (Å²) in [5, 5.41) is 6.57. The molecule has 0 spiro atoms. The molecule has 4 N–H and O–H groups in total. The Morgan fingerprint density at radius 3 is 2.57 bits per heavy atom. The molecule has 1 saturated heterocycles. The molecule has 0 radical (unpaired) electrons. The summed E-state index contributed by atoms with van der Waals surface area (Å²) in [6.45, 7) is 6.50. The number of carbonyl (C=O) groups is 2. The summed E-state index contributed by atoms with van der Waals surface area (Å²) >= 11 is 0. The highest BCUT2D eigenvalue weighted by atomic mass is 16.2. The minimum Gasteiger partial charge on any atom is -0.351 e. The lowest BCUT2D eigenvalue weighted by Crippen LogP contribution is -2.58. The lowest BCUT2D eigenvalue weighted by molar-refractivity contribution is -0.133. The fourth-order valence-electron chi connectivity index (χ4n) is 3.62. The van der Waals surface area contributed by atoms with Crippen molar-refractivity contribution in [1.82, 2.24) is 15.5 Å². The monoisotopic (exact) mass is 296 g/mol. The van der Waals surface area contributed by atoms with Gasteiger partial charge in [0.05, 0.1) is 18.1 Å². The molecule has 6 heteroatoms. The lowest BCUT2D eigenvalue weighted by atomic mass is 9.85. The van der Waals surface area contributed by atoms with Crippen molar-refractivity contribution in [2.45, 2.75) is 76.7 Å². The predicted octanol–water partition coefficient (Wildman–Crippen LogP) is -0.0302. The summed E-state index contributed by atoms with van der Waals surface area (Å²) in [4.78, 5) is 25.5. The molecule has 2 rings (SSSR count). The van der Waals surface area contributed by atoms with E-state index in [9.17, 15) is 9.59 Å². The molecule has 1 saturated carbocycles. The molecule has 0 aromatic heterocycles. The summed E-state index contributed by atoms with van der Waals surface area (Å²) in [7, 11) is 0. The van der Waals surface area contributed by atoms with Crippen LogP contribution in [0.3, 0.4) is 0 Å². The van der Waals surface area contributed by atoms with E-state index in [1.807, 2.05) is 4.90 Å². The van der Waals surface area contributed by atoms with Crippen LogP contribution < -0.4 is 16.4 Å². The molecule has 6 nitrogen and oxygen atoms in total. The number of amides is 2. The van der Waals surface area contributed by atoms with Crippen LogP contribution in [-0.4, -0.2) is 53.5 Å². The average Bonchev–Trinajstić information content (AvgIpc) is 2.69. The zero-order valence-electron chi connectivity index (χ0n) is 13.3. The van der Waals surface area contributed by atoms with Crippen molar-refractivity contribution in [3.8, 4) is 0 Å². The van der Waals surface area contributed by atoms with Gasteiger partial charge in [0.15, 0.2) is 0 Å². The van der Waals surface area contributed by atoms with Crippen molar-refractivity contribution in [2.24, 2.45) is 5.73 Å². The molecule has 2 aliphatic rings. The molecule has 1 unspecified atom stereocenters. The summed E-state index contributed by atoms with van der Waals surface area (Å²) in [6, 6.07) is 0.548. The zero-order chi connectivity index (χ0) is 15.6. The van der Waals surface area contributed by atoms with Crippen molar-refractivity contribution in [3.63, 3.8) is 0 Å². The number of rotatable bonds is 4. The molecule has 1 heterocycles. The molecular weight excluding hydrogens is 268 g/mol. The van der Waals surface area contributed by atoms with Crippen molar-refractivity contribution in [3.05, 3.63) is 0 Å². The normalized spacial score (nSPS) is 33.6. The third-order valence-electron chi connectivity index (χ3n) is 4.45. The van der Waals surface area contributed by atoms with Gasteiger partial charge in [0, 0.05) is 25.6 Å². The first-order chi connectivity index (χ1) is 9.88. The van der Waals surface area contributed by atoms with Crippen LogP contribution in [0.25, 0.3) is 0 Å². The van der Waals surface area contributed by atoms with Crippen LogP contribution in [0.5, 0.6) is 0 Å². The number of nitrogens with two attached hydrogens (primary N) is 1. The highest BCUT2D eigenvalue weighted by Gasteiger charge is 2.40. The number of carbonyl (C=O) groups excluding carboxylic acids is 2. The molecule has 0 aromatic rings. The Kier molecular flexibility index (Phi) is 5.22. The summed E-state index contributed by atoms with van der Waals surface area (Å²) < 4.78 is 0. The van der Waals surface area contributed by atoms with E-state index in [1.54, 1.807) is 0 Å². The number of hydrogen-bond acceptors (Lipinski definition) is 4. The minimum absolute atomic E-state index is 0.0155. The highest BCUT2D eigenvalue weighted by Crippen LogP contribution is 2.27. The molecule has 0 aromatic carbocycles. The Labute approximate surface area is 126 Å². The first kappa shape index (κ1) is 16.2. The van der Waals surface area contributed by atoms with Crippen LogP contribution in [-0.2, 0) is 9.59 Å². The lowest BCUT2D eigenvalue weighted by Gasteiger charge is -2.42. The van der Waals surface area contributed by atoms with E-state index in [0.717, 1.165) is 25.7 Å². The number of hydrogen-bond donors (Lipinski definition) is 3. The van der Waals surface area contributed by atoms with Crippen LogP contribution in [0.15, 0.2) is 0 Å². The van der Waals surface area contributed by atoms with E-state index in [0.29, 0.717) is 18.6 Å². The van der Waals surface area contributed by atoms with Crippen LogP contribution in [0.4, 0.5) is 0 Å². The molecule has 2 amide bonds. The maximum absolute atomic E-state index is 12.2. The van der Waals surface area contributed by atoms with Gasteiger partial charge in [-0.15, -0.1) is 0 Å². The van der Waals surface area contributed by atoms with Crippen molar-refractivity contribution >= 4 is 11.8 Å². The van der Waals surface area contributed by atoms with E-state index < -0.39 is 0 Å². The van der Waals surface area contributed by atoms with E-state index in [-0.39, 0.29) is 29.9 Å². The fraction of sp³-hybridized carbons (Fsp3) is 0.867. The van der Waals surface area contributed by atoms with Crippen molar-refractivity contribution in [1.29, 1.82) is 0 Å². The minimum atomic E-state index is -0.366. The molecule has 4 atom stereocenters. The topological polar surface area (TPSA) is 87.5 Å². The second-order valence-corrected chi connectivity index (χ2v) is 6.63. The summed E-state index contributed by atoms with van der Waals surface area (Å²) in [6.07, 6.45) is 3.52. The zero-order valence-corrected chi connectivity index (χ0v) is 13.3. The first-order valence-corrected chi connectivity index (χ1v) is 7.97. The first-order valence-electron chi connectivity index (χ1n) is 7.97. The van der Waals surface area contributed by atoms with Gasteiger partial charge in [-0.1, -0.05) is 13.8 Å². The van der Waals surface area contributed by atoms with Gasteiger partial charge in [-0.25, -0.2) is 0 Å². The van der Waals surface area contributed by atoms with Gasteiger partial charge in [0.1, 0.15) is 0 Å². The molecular formula is C15H28N4O2. The number of likely N-dealkylation sites (tertiary alicyclic amines) is 1. The van der Waals surface area contributed by atoms with E-state index in [1.165, 1.54) is 6.92 Å². The smallest absolute Gasteiger partial charge is 0.239 e. The van der Waals surface area contributed by atoms with Gasteiger partial charge in [-0.05, 0) is 25.7 Å². The molecule has 0 bridgehead atoms. The van der Waals surface area contributed by atoms with E-state index >= 15 is 0 Å². The van der Waals surface area contributed by atoms with Gasteiger partial charge in [-0.3, -0.25) is 9.59 Å². The van der Waals surface area contributed by atoms with E-state index in [4.69, 9.17) is 5.73 Å². The summed E-state index contributed by atoms with van der Waals surface area (Å²) in [5.74, 6) is -0.00300. The number of nitrogens with one attached hydrogen (secondary N) is 2. The van der Waals surface area contributed by atoms with Gasteiger partial charge in [-0.2, -0.15) is 0 Å². The Balaban J connectivity index is 2.05. The van der Waals surface area contributed by atoms with Crippen LogP contribution in [0, 0.1) is 0 Å². The van der Waals surface area contributed by atoms with E-state index in [2.05, 4.69) is 24.5 Å². The molecule has 120 valence electrons. The fourth-order valence-corrected chi connectivity index (χ4v) is 3.62. The van der Waals surface area contributed by atoms with Crippen LogP contribution in [0.2, 0.25) is 0 Å². The maximum Gasteiger partial charge on any atom is 0.239 e. The summed E-state index contributed by atoms with van der Waals surface area (Å²) in [5.41, 5.74) is 5.82. The molecule has 1 aliphatic heterocycles. The number of nitrogens with zero attached hydrogens (tertiary/aromatic N) is 1. The molecule has 21 heavy (non-hydrogen) atoms. The van der Waals surface area contributed by atoms with Crippen molar-refractivity contribution in [2.75, 3.05) is 6.54 Å². The Morgan fingerprint density at radius 1 is 1.33 bits per heavy atom. The SMILES string of the molecule is CC(=O)N[C@@H]1CC(NC(C)C)CC[C@@H]1N1CC[C@H](N)C1=O. The molecule has 2 fully saturated rings. The Bertz CT molecular complexity index is 399. The van der Waals surface area contributed by atoms with Crippen LogP contribution in [0.1, 0.15) is 46.5 Å². The average molecular weight is 296 g/mol. The largest absolute Gasteiger partial charge is 0.351 e. The second kappa shape index (κ2) is 6.75. The van der Waals surface area contributed by atoms with Gasteiger partial charge in [0.2, 0.25) is 11.8 Å². The second-order valence-electron chi connectivity index (χ2n) is 6.63. The predicted molar refractivity (Wildman–Crippen MR) is 81.6 cm³/mol. The maximum atomic E-state index is 12.2. The van der Waals surface area contributed by atoms with Gasteiger partial charge in [0.25, 0.3) is 0 Å². The third-order valence-corrected chi connectivity index (χ3v) is 4.45. The Morgan fingerprint density at radius 2 is 2.05 bits per heavy atom. The third kappa shape index (κ3) is 3.95.